The molecule has 2 aromatic rings. The zero-order valence-electron chi connectivity index (χ0n) is 15.9. The van der Waals surface area contributed by atoms with Gasteiger partial charge < -0.3 is 10.1 Å². The quantitative estimate of drug-likeness (QED) is 0.738. The van der Waals surface area contributed by atoms with Gasteiger partial charge in [0.05, 0.1) is 12.3 Å². The van der Waals surface area contributed by atoms with Crippen LogP contribution in [0, 0.1) is 5.41 Å². The number of hydrogen-bond donors (Lipinski definition) is 2. The number of rotatable bonds is 7. The lowest BCUT2D eigenvalue weighted by molar-refractivity contribution is -0.121. The van der Waals surface area contributed by atoms with Crippen molar-refractivity contribution in [2.75, 3.05) is 16.8 Å². The van der Waals surface area contributed by atoms with Gasteiger partial charge in [-0.15, -0.1) is 0 Å². The number of nitrogens with zero attached hydrogens (tertiary/aromatic N) is 1. The van der Waals surface area contributed by atoms with Crippen LogP contribution in [0.3, 0.4) is 0 Å². The third-order valence-electron chi connectivity index (χ3n) is 4.38. The van der Waals surface area contributed by atoms with Crippen molar-refractivity contribution in [2.24, 2.45) is 0 Å². The van der Waals surface area contributed by atoms with Gasteiger partial charge in [0, 0.05) is 12.1 Å². The van der Waals surface area contributed by atoms with E-state index in [1.54, 1.807) is 24.3 Å². The van der Waals surface area contributed by atoms with E-state index in [1.165, 1.54) is 10.5 Å². The van der Waals surface area contributed by atoms with E-state index >= 15 is 0 Å². The summed E-state index contributed by atoms with van der Waals surface area (Å²) < 4.78 is 5.38. The molecule has 2 aromatic carbocycles. The Morgan fingerprint density at radius 2 is 1.82 bits per heavy atom. The molecule has 0 bridgehead atoms. The zero-order valence-corrected chi connectivity index (χ0v) is 16.7. The van der Waals surface area contributed by atoms with Gasteiger partial charge in [-0.1, -0.05) is 30.8 Å². The predicted molar refractivity (Wildman–Crippen MR) is 113 cm³/mol. The van der Waals surface area contributed by atoms with Gasteiger partial charge in [0.25, 0.3) is 0 Å². The van der Waals surface area contributed by atoms with Crippen LogP contribution in [0.15, 0.2) is 48.5 Å². The lowest BCUT2D eigenvalue weighted by Gasteiger charge is -2.16. The molecule has 2 amide bonds. The maximum Gasteiger partial charge on any atom is 0.247 e. The normalized spacial score (nSPS) is 16.4. The fourth-order valence-corrected chi connectivity index (χ4v) is 3.93. The highest BCUT2D eigenvalue weighted by Gasteiger charge is 2.39. The monoisotopic (exact) mass is 397 g/mol. The van der Waals surface area contributed by atoms with E-state index in [0.29, 0.717) is 18.0 Å². The first kappa shape index (κ1) is 19.9. The van der Waals surface area contributed by atoms with Gasteiger partial charge in [-0.05, 0) is 55.3 Å². The lowest BCUT2D eigenvalue weighted by Crippen LogP contribution is -2.33. The summed E-state index contributed by atoms with van der Waals surface area (Å²) in [4.78, 5) is 26.5. The summed E-state index contributed by atoms with van der Waals surface area (Å²) in [6.07, 6.45) is 0.928. The van der Waals surface area contributed by atoms with Crippen molar-refractivity contribution in [1.82, 2.24) is 0 Å². The SMILES string of the molecule is CCOc1ccc(NC(=O)C[C@@H]2SC(=N)N(c3ccc(CC)cc3)C2=O)cc1. The first-order valence-electron chi connectivity index (χ1n) is 9.22. The molecule has 0 saturated carbocycles. The number of aryl methyl sites for hydroxylation is 1. The Balaban J connectivity index is 1.61. The van der Waals surface area contributed by atoms with Gasteiger partial charge in [0.2, 0.25) is 11.8 Å². The number of thioether (sulfide) groups is 1. The smallest absolute Gasteiger partial charge is 0.247 e. The van der Waals surface area contributed by atoms with E-state index in [2.05, 4.69) is 12.2 Å². The van der Waals surface area contributed by atoms with Crippen molar-refractivity contribution in [3.8, 4) is 5.75 Å². The number of nitrogens with one attached hydrogen (secondary N) is 2. The zero-order chi connectivity index (χ0) is 20.1. The van der Waals surface area contributed by atoms with Crippen molar-refractivity contribution >= 4 is 40.1 Å². The van der Waals surface area contributed by atoms with Crippen LogP contribution in [-0.4, -0.2) is 28.8 Å². The molecule has 0 aliphatic carbocycles. The Morgan fingerprint density at radius 3 is 2.43 bits per heavy atom. The second kappa shape index (κ2) is 8.93. The van der Waals surface area contributed by atoms with Crippen molar-refractivity contribution < 1.29 is 14.3 Å². The minimum Gasteiger partial charge on any atom is -0.494 e. The molecule has 0 unspecified atom stereocenters. The third kappa shape index (κ3) is 4.54. The van der Waals surface area contributed by atoms with E-state index < -0.39 is 5.25 Å². The molecule has 1 fully saturated rings. The van der Waals surface area contributed by atoms with Crippen LogP contribution < -0.4 is 15.0 Å². The molecule has 7 heteroatoms. The van der Waals surface area contributed by atoms with Crippen LogP contribution in [0.4, 0.5) is 11.4 Å². The minimum atomic E-state index is -0.596. The second-order valence-corrected chi connectivity index (χ2v) is 7.51. The molecule has 0 radical (unpaired) electrons. The van der Waals surface area contributed by atoms with Crippen molar-refractivity contribution in [3.63, 3.8) is 0 Å². The molecule has 1 atom stereocenters. The number of carbonyl (C=O) groups excluding carboxylic acids is 2. The molecule has 3 rings (SSSR count). The number of amides is 2. The highest BCUT2D eigenvalue weighted by Crippen LogP contribution is 2.33. The number of hydrogen-bond acceptors (Lipinski definition) is 5. The molecule has 1 aliphatic rings. The Labute approximate surface area is 168 Å². The number of anilines is 2. The highest BCUT2D eigenvalue weighted by atomic mass is 32.2. The van der Waals surface area contributed by atoms with Crippen molar-refractivity contribution in [2.45, 2.75) is 31.9 Å². The third-order valence-corrected chi connectivity index (χ3v) is 5.43. The van der Waals surface area contributed by atoms with E-state index in [0.717, 1.165) is 23.9 Å². The maximum absolute atomic E-state index is 12.7. The number of amidine groups is 1. The van der Waals surface area contributed by atoms with Crippen LogP contribution in [0.1, 0.15) is 25.8 Å². The van der Waals surface area contributed by atoms with Crippen molar-refractivity contribution in [1.29, 1.82) is 5.41 Å². The average molecular weight is 398 g/mol. The molecular formula is C21H23N3O3S. The van der Waals surface area contributed by atoms with E-state index in [1.807, 2.05) is 31.2 Å². The molecule has 2 N–H and O–H groups in total. The van der Waals surface area contributed by atoms with E-state index in [-0.39, 0.29) is 23.4 Å². The van der Waals surface area contributed by atoms with E-state index in [4.69, 9.17) is 10.1 Å². The van der Waals surface area contributed by atoms with Crippen molar-refractivity contribution in [3.05, 3.63) is 54.1 Å². The summed E-state index contributed by atoms with van der Waals surface area (Å²) in [7, 11) is 0. The topological polar surface area (TPSA) is 82.5 Å². The Bertz CT molecular complexity index is 865. The summed E-state index contributed by atoms with van der Waals surface area (Å²) in [6.45, 7) is 4.55. The summed E-state index contributed by atoms with van der Waals surface area (Å²) >= 11 is 1.11. The molecule has 0 aromatic heterocycles. The molecule has 1 aliphatic heterocycles. The average Bonchev–Trinajstić information content (AvgIpc) is 2.97. The van der Waals surface area contributed by atoms with E-state index in [9.17, 15) is 9.59 Å². The van der Waals surface area contributed by atoms with Gasteiger partial charge >= 0.3 is 0 Å². The Hall–Kier alpha value is -2.80. The Kier molecular flexibility index (Phi) is 6.36. The summed E-state index contributed by atoms with van der Waals surface area (Å²) in [5, 5.41) is 10.5. The summed E-state index contributed by atoms with van der Waals surface area (Å²) in [5.74, 6) is 0.243. The maximum atomic E-state index is 12.7. The first-order valence-corrected chi connectivity index (χ1v) is 10.1. The minimum absolute atomic E-state index is 0.0165. The standard InChI is InChI=1S/C21H23N3O3S/c1-3-14-5-9-16(10-6-14)24-20(26)18(28-21(24)22)13-19(25)23-15-7-11-17(12-8-15)27-4-2/h5-12,18,22H,3-4,13H2,1-2H3,(H,23,25)/t18-/m0/s1. The van der Waals surface area contributed by atoms with Gasteiger partial charge in [0.1, 0.15) is 11.0 Å². The molecule has 1 heterocycles. The highest BCUT2D eigenvalue weighted by molar-refractivity contribution is 8.16. The largest absolute Gasteiger partial charge is 0.494 e. The number of ether oxygens (including phenoxy) is 1. The van der Waals surface area contributed by atoms with Crippen LogP contribution in [-0.2, 0) is 16.0 Å². The fourth-order valence-electron chi connectivity index (χ4n) is 2.92. The molecule has 1 saturated heterocycles. The first-order chi connectivity index (χ1) is 13.5. The predicted octanol–water partition coefficient (Wildman–Crippen LogP) is 4.06. The molecule has 6 nitrogen and oxygen atoms in total. The van der Waals surface area contributed by atoms with Gasteiger partial charge in [-0.2, -0.15) is 0 Å². The fraction of sp³-hybridized carbons (Fsp3) is 0.286. The Morgan fingerprint density at radius 1 is 1.14 bits per heavy atom. The van der Waals surface area contributed by atoms with Crippen LogP contribution in [0.25, 0.3) is 0 Å². The molecule has 146 valence electrons. The molecule has 28 heavy (non-hydrogen) atoms. The lowest BCUT2D eigenvalue weighted by atomic mass is 10.1. The van der Waals surface area contributed by atoms with Crippen LogP contribution in [0.5, 0.6) is 5.75 Å². The van der Waals surface area contributed by atoms with Gasteiger partial charge in [0.15, 0.2) is 5.17 Å². The molecule has 0 spiro atoms. The number of benzene rings is 2. The summed E-state index contributed by atoms with van der Waals surface area (Å²) in [5.41, 5.74) is 2.47. The van der Waals surface area contributed by atoms with Crippen LogP contribution >= 0.6 is 11.8 Å². The second-order valence-electron chi connectivity index (χ2n) is 6.31. The summed E-state index contributed by atoms with van der Waals surface area (Å²) in [6, 6.07) is 14.7. The molecular weight excluding hydrogens is 374 g/mol. The number of carbonyl (C=O) groups is 2. The van der Waals surface area contributed by atoms with Gasteiger partial charge in [-0.25, -0.2) is 0 Å². The van der Waals surface area contributed by atoms with Crippen LogP contribution in [0.2, 0.25) is 0 Å². The van der Waals surface area contributed by atoms with Gasteiger partial charge in [-0.3, -0.25) is 19.9 Å².